The lowest BCUT2D eigenvalue weighted by Gasteiger charge is -1.97. The second-order valence-electron chi connectivity index (χ2n) is 4.10. The molecule has 0 fully saturated rings. The number of rotatable bonds is 14. The van der Waals surface area contributed by atoms with E-state index < -0.39 is 0 Å². The quantitative estimate of drug-likeness (QED) is 0.248. The monoisotopic (exact) mass is 388 g/mol. The minimum Gasteiger partial charge on any atom is -0.187 e. The van der Waals surface area contributed by atoms with Crippen molar-refractivity contribution in [3.8, 4) is 0 Å². The lowest BCUT2D eigenvalue weighted by Crippen LogP contribution is -2.12. The number of halogens is 2. The summed E-state index contributed by atoms with van der Waals surface area (Å²) in [5.74, 6) is 0. The summed E-state index contributed by atoms with van der Waals surface area (Å²) in [5, 5.41) is 2.34. The van der Waals surface area contributed by atoms with Gasteiger partial charge < -0.3 is 0 Å². The van der Waals surface area contributed by atoms with Crippen molar-refractivity contribution < 1.29 is 14.8 Å². The van der Waals surface area contributed by atoms with Crippen molar-refractivity contribution >= 4 is 31.9 Å². The van der Waals surface area contributed by atoms with Crippen LogP contribution in [0, 0.1) is 4.91 Å². The summed E-state index contributed by atoms with van der Waals surface area (Å²) < 4.78 is 0. The van der Waals surface area contributed by atoms with Crippen molar-refractivity contribution in [3.63, 3.8) is 0 Å². The van der Waals surface area contributed by atoms with Crippen LogP contribution in [0.25, 0.3) is 0 Å². The fraction of sp³-hybridized carbons (Fsp3) is 1.00. The molecule has 0 amide bonds. The van der Waals surface area contributed by atoms with Crippen molar-refractivity contribution in [1.29, 1.82) is 0 Å². The number of hydrogen-bond acceptors (Lipinski definition) is 3. The van der Waals surface area contributed by atoms with Gasteiger partial charge in [0.25, 0.3) is 0 Å². The van der Waals surface area contributed by atoms with E-state index in [1.165, 1.54) is 25.7 Å². The van der Waals surface area contributed by atoms with Gasteiger partial charge in [0.1, 0.15) is 4.91 Å². The fourth-order valence-electron chi connectivity index (χ4n) is 1.42. The topological polar surface area (TPSA) is 38.5 Å². The van der Waals surface area contributed by atoms with Crippen LogP contribution in [-0.2, 0) is 9.68 Å². The molecule has 0 unspecified atom stereocenters. The van der Waals surface area contributed by atoms with Gasteiger partial charge in [0.15, 0.2) is 13.2 Å². The molecule has 0 aromatic rings. The van der Waals surface area contributed by atoms with Gasteiger partial charge in [-0.15, -0.1) is 0 Å². The summed E-state index contributed by atoms with van der Waals surface area (Å²) in [4.78, 5) is 20.9. The van der Waals surface area contributed by atoms with Crippen LogP contribution in [-0.4, -0.2) is 29.0 Å². The van der Waals surface area contributed by atoms with Crippen LogP contribution in [0.1, 0.15) is 51.4 Å². The largest absolute Gasteiger partial charge is 0.477 e. The molecule has 0 spiro atoms. The summed E-state index contributed by atoms with van der Waals surface area (Å²) in [6.45, 7) is 0.880. The van der Waals surface area contributed by atoms with Crippen molar-refractivity contribution in [1.82, 2.24) is 0 Å². The van der Waals surface area contributed by atoms with E-state index >= 15 is 0 Å². The first-order chi connectivity index (χ1) is 8.81. The summed E-state index contributed by atoms with van der Waals surface area (Å²) in [6, 6.07) is 0. The Hall–Kier alpha value is 0.160. The van der Waals surface area contributed by atoms with E-state index in [0.29, 0.717) is 13.2 Å². The highest BCUT2D eigenvalue weighted by Crippen LogP contribution is 2.03. The molecule has 0 radical (unpaired) electrons. The van der Waals surface area contributed by atoms with Crippen LogP contribution >= 0.6 is 31.9 Å². The van der Waals surface area contributed by atoms with E-state index in [9.17, 15) is 4.91 Å². The minimum atomic E-state index is 0.259. The zero-order valence-electron chi connectivity index (χ0n) is 10.9. The fourth-order valence-corrected chi connectivity index (χ4v) is 2.21. The van der Waals surface area contributed by atoms with Crippen LogP contribution in [0.4, 0.5) is 0 Å². The summed E-state index contributed by atoms with van der Waals surface area (Å²) in [6.07, 6.45) is 8.67. The minimum absolute atomic E-state index is 0.259. The van der Waals surface area contributed by atoms with Gasteiger partial charge in [-0.25, -0.2) is 0 Å². The van der Waals surface area contributed by atoms with Gasteiger partial charge in [-0.2, -0.15) is 9.68 Å². The molecule has 0 aromatic carbocycles. The highest BCUT2D eigenvalue weighted by atomic mass is 79.9. The maximum Gasteiger partial charge on any atom is 0.477 e. The molecule has 0 aliphatic heterocycles. The maximum absolute atomic E-state index is 11.1. The molecule has 4 nitrogen and oxygen atoms in total. The molecule has 0 saturated carbocycles. The van der Waals surface area contributed by atoms with Crippen molar-refractivity contribution in [2.75, 3.05) is 23.9 Å². The highest BCUT2D eigenvalue weighted by Gasteiger charge is 2.10. The van der Waals surface area contributed by atoms with E-state index in [2.05, 4.69) is 31.9 Å². The Labute approximate surface area is 127 Å². The Bertz CT molecular complexity index is 176. The molecule has 0 aliphatic carbocycles. The lowest BCUT2D eigenvalue weighted by molar-refractivity contribution is -0.981. The molecule has 0 aliphatic rings. The number of unbranched alkanes of at least 4 members (excludes halogenated alkanes) is 6. The molecule has 18 heavy (non-hydrogen) atoms. The number of hydrogen-bond donors (Lipinski definition) is 0. The predicted molar refractivity (Wildman–Crippen MR) is 80.1 cm³/mol. The number of alkyl halides is 2. The summed E-state index contributed by atoms with van der Waals surface area (Å²) in [5.41, 5.74) is 0. The third-order valence-electron chi connectivity index (χ3n) is 2.45. The molecular formula is C12H24Br2NO3+. The van der Waals surface area contributed by atoms with Crippen LogP contribution in [0.3, 0.4) is 0 Å². The normalized spacial score (nSPS) is 10.3. The molecule has 0 N–H and O–H groups in total. The van der Waals surface area contributed by atoms with E-state index in [1.54, 1.807) is 0 Å². The van der Waals surface area contributed by atoms with Gasteiger partial charge in [-0.05, 0) is 38.5 Å². The standard InChI is InChI=1S/C12H24Br2NO3/c13-9-5-1-3-7-11-17-15(16)18-12-8-4-2-6-10-14/h1-12H2/q+1. The van der Waals surface area contributed by atoms with Gasteiger partial charge in [0.05, 0.1) is 0 Å². The van der Waals surface area contributed by atoms with Crippen molar-refractivity contribution in [3.05, 3.63) is 4.91 Å². The third kappa shape index (κ3) is 14.2. The smallest absolute Gasteiger partial charge is 0.187 e. The first-order valence-electron chi connectivity index (χ1n) is 6.66. The molecular weight excluding hydrogens is 366 g/mol. The van der Waals surface area contributed by atoms with Crippen LogP contribution < -0.4 is 0 Å². The van der Waals surface area contributed by atoms with Crippen molar-refractivity contribution in [2.24, 2.45) is 0 Å². The SMILES string of the molecule is O=[N+](OCCCCCCBr)OCCCCCCBr. The Balaban J connectivity index is 3.12. The lowest BCUT2D eigenvalue weighted by atomic mass is 10.2. The van der Waals surface area contributed by atoms with E-state index in [0.717, 1.165) is 36.3 Å². The average Bonchev–Trinajstić information content (AvgIpc) is 2.38. The third-order valence-corrected chi connectivity index (χ3v) is 3.57. The highest BCUT2D eigenvalue weighted by molar-refractivity contribution is 9.09. The molecule has 0 heterocycles. The number of nitrogens with zero attached hydrogens (tertiary/aromatic N) is 1. The van der Waals surface area contributed by atoms with E-state index in [4.69, 9.17) is 9.68 Å². The molecule has 0 saturated heterocycles. The zero-order valence-corrected chi connectivity index (χ0v) is 14.1. The average molecular weight is 390 g/mol. The van der Waals surface area contributed by atoms with E-state index in [-0.39, 0.29) is 5.09 Å². The van der Waals surface area contributed by atoms with Crippen molar-refractivity contribution in [2.45, 2.75) is 51.4 Å². The Morgan fingerprint density at radius 3 is 1.44 bits per heavy atom. The van der Waals surface area contributed by atoms with Gasteiger partial charge in [0, 0.05) is 10.7 Å². The first-order valence-corrected chi connectivity index (χ1v) is 8.90. The zero-order chi connectivity index (χ0) is 13.5. The Morgan fingerprint density at radius 1 is 0.667 bits per heavy atom. The molecule has 0 rings (SSSR count). The van der Waals surface area contributed by atoms with Crippen LogP contribution in [0.15, 0.2) is 0 Å². The molecule has 108 valence electrons. The molecule has 6 heteroatoms. The van der Waals surface area contributed by atoms with E-state index in [1.807, 2.05) is 0 Å². The Morgan fingerprint density at radius 2 is 1.06 bits per heavy atom. The Kier molecular flexibility index (Phi) is 15.4. The summed E-state index contributed by atoms with van der Waals surface area (Å²) in [7, 11) is 0. The molecule has 0 bridgehead atoms. The first kappa shape index (κ1) is 18.2. The maximum atomic E-state index is 11.1. The second kappa shape index (κ2) is 15.2. The van der Waals surface area contributed by atoms with Crippen LogP contribution in [0.2, 0.25) is 0 Å². The van der Waals surface area contributed by atoms with Crippen LogP contribution in [0.5, 0.6) is 0 Å². The molecule has 0 atom stereocenters. The second-order valence-corrected chi connectivity index (χ2v) is 5.68. The summed E-state index contributed by atoms with van der Waals surface area (Å²) >= 11 is 6.76. The molecule has 0 aromatic heterocycles. The van der Waals surface area contributed by atoms with Gasteiger partial charge in [-0.3, -0.25) is 0 Å². The van der Waals surface area contributed by atoms with Gasteiger partial charge in [0.2, 0.25) is 0 Å². The van der Waals surface area contributed by atoms with Gasteiger partial charge >= 0.3 is 5.09 Å². The van der Waals surface area contributed by atoms with Gasteiger partial charge in [-0.1, -0.05) is 44.7 Å². The predicted octanol–water partition coefficient (Wildman–Crippen LogP) is 4.54.